The minimum Gasteiger partial charge on any atom is -0.496 e. The summed E-state index contributed by atoms with van der Waals surface area (Å²) in [6.07, 6.45) is 1.63. The van der Waals surface area contributed by atoms with Crippen molar-refractivity contribution in [1.29, 1.82) is 0 Å². The molecule has 0 fully saturated rings. The van der Waals surface area contributed by atoms with Crippen molar-refractivity contribution in [3.05, 3.63) is 71.0 Å². The van der Waals surface area contributed by atoms with Crippen LogP contribution in [0.1, 0.15) is 16.1 Å². The Kier molecular flexibility index (Phi) is 3.59. The molecule has 0 aliphatic heterocycles. The molecule has 0 saturated heterocycles. The highest BCUT2D eigenvalue weighted by Crippen LogP contribution is 2.27. The lowest BCUT2D eigenvalue weighted by Gasteiger charge is -2.09. The largest absolute Gasteiger partial charge is 0.496 e. The number of hydrogen-bond donors (Lipinski definition) is 0. The Morgan fingerprint density at radius 1 is 1.14 bits per heavy atom. The Morgan fingerprint density at radius 2 is 1.95 bits per heavy atom. The van der Waals surface area contributed by atoms with E-state index in [1.807, 2.05) is 30.3 Å². The number of fused-ring (bicyclic) bond motifs is 1. The third-order valence-corrected chi connectivity index (χ3v) is 3.53. The molecule has 104 valence electrons. The molecule has 0 bridgehead atoms. The third-order valence-electron chi connectivity index (χ3n) is 3.29. The summed E-state index contributed by atoms with van der Waals surface area (Å²) in [7, 11) is 1.52. The fourth-order valence-corrected chi connectivity index (χ4v) is 2.46. The zero-order valence-electron chi connectivity index (χ0n) is 11.3. The van der Waals surface area contributed by atoms with Crippen molar-refractivity contribution in [2.24, 2.45) is 0 Å². The molecule has 0 radical (unpaired) electrons. The molecule has 0 aliphatic rings. The van der Waals surface area contributed by atoms with Crippen LogP contribution in [0.4, 0.5) is 0 Å². The van der Waals surface area contributed by atoms with Gasteiger partial charge in [-0.2, -0.15) is 0 Å². The van der Waals surface area contributed by atoms with E-state index in [1.54, 1.807) is 24.4 Å². The zero-order valence-corrected chi connectivity index (χ0v) is 12.1. The molecule has 21 heavy (non-hydrogen) atoms. The molecule has 0 amide bonds. The van der Waals surface area contributed by atoms with E-state index in [0.29, 0.717) is 22.0 Å². The number of methoxy groups -OCH3 is 1. The van der Waals surface area contributed by atoms with Crippen molar-refractivity contribution in [2.45, 2.75) is 0 Å². The van der Waals surface area contributed by atoms with Crippen LogP contribution in [0.2, 0.25) is 5.02 Å². The molecule has 0 atom stereocenters. The fourth-order valence-electron chi connectivity index (χ4n) is 2.29. The smallest absolute Gasteiger partial charge is 0.215 e. The Bertz CT molecular complexity index is 825. The standard InChI is InChI=1S/C17H12ClNO2/c1-21-15-7-6-12(18)10-14(15)17(20)16-13-5-3-2-4-11(13)8-9-19-16/h2-10H,1H3. The van der Waals surface area contributed by atoms with Crippen molar-refractivity contribution in [3.63, 3.8) is 0 Å². The fraction of sp³-hybridized carbons (Fsp3) is 0.0588. The van der Waals surface area contributed by atoms with E-state index >= 15 is 0 Å². The van der Waals surface area contributed by atoms with E-state index in [0.717, 1.165) is 10.8 Å². The van der Waals surface area contributed by atoms with Crippen molar-refractivity contribution in [1.82, 2.24) is 4.98 Å². The van der Waals surface area contributed by atoms with Gasteiger partial charge >= 0.3 is 0 Å². The highest BCUT2D eigenvalue weighted by Gasteiger charge is 2.18. The van der Waals surface area contributed by atoms with Crippen molar-refractivity contribution in [2.75, 3.05) is 7.11 Å². The summed E-state index contributed by atoms with van der Waals surface area (Å²) in [6.45, 7) is 0. The lowest BCUT2D eigenvalue weighted by molar-refractivity contribution is 0.103. The van der Waals surface area contributed by atoms with E-state index in [2.05, 4.69) is 4.98 Å². The summed E-state index contributed by atoms with van der Waals surface area (Å²) in [4.78, 5) is 17.0. The van der Waals surface area contributed by atoms with E-state index in [-0.39, 0.29) is 5.78 Å². The number of aromatic nitrogens is 1. The van der Waals surface area contributed by atoms with Crippen LogP contribution in [0.3, 0.4) is 0 Å². The van der Waals surface area contributed by atoms with Crippen LogP contribution in [0.5, 0.6) is 5.75 Å². The molecule has 0 aliphatic carbocycles. The van der Waals surface area contributed by atoms with Crippen LogP contribution in [0.25, 0.3) is 10.8 Å². The molecule has 3 rings (SSSR count). The van der Waals surface area contributed by atoms with Gasteiger partial charge < -0.3 is 4.74 Å². The van der Waals surface area contributed by atoms with Crippen LogP contribution in [-0.2, 0) is 0 Å². The molecule has 4 heteroatoms. The summed E-state index contributed by atoms with van der Waals surface area (Å²) in [5, 5.41) is 2.27. The van der Waals surface area contributed by atoms with Gasteiger partial charge in [-0.3, -0.25) is 9.78 Å². The first-order chi connectivity index (χ1) is 10.2. The highest BCUT2D eigenvalue weighted by atomic mass is 35.5. The van der Waals surface area contributed by atoms with Crippen molar-refractivity contribution in [3.8, 4) is 5.75 Å². The van der Waals surface area contributed by atoms with Gasteiger partial charge in [0.2, 0.25) is 5.78 Å². The summed E-state index contributed by atoms with van der Waals surface area (Å²) in [6, 6.07) is 14.5. The minimum atomic E-state index is -0.203. The number of pyridine rings is 1. The SMILES string of the molecule is COc1ccc(Cl)cc1C(=O)c1nccc2ccccc12. The number of benzene rings is 2. The Morgan fingerprint density at radius 3 is 2.76 bits per heavy atom. The van der Waals surface area contributed by atoms with Crippen LogP contribution in [0.15, 0.2) is 54.7 Å². The molecular formula is C17H12ClNO2. The molecule has 1 heterocycles. The first-order valence-corrected chi connectivity index (χ1v) is 6.80. The molecular weight excluding hydrogens is 286 g/mol. The Hall–Kier alpha value is -2.39. The molecule has 0 spiro atoms. The minimum absolute atomic E-state index is 0.203. The maximum atomic E-state index is 12.8. The van der Waals surface area contributed by atoms with Crippen LogP contribution < -0.4 is 4.74 Å². The third kappa shape index (κ3) is 2.48. The Balaban J connectivity index is 2.20. The number of ether oxygens (including phenoxy) is 1. The van der Waals surface area contributed by atoms with Gasteiger partial charge in [0, 0.05) is 16.6 Å². The second kappa shape index (κ2) is 5.54. The van der Waals surface area contributed by atoms with Crippen LogP contribution in [0, 0.1) is 0 Å². The first-order valence-electron chi connectivity index (χ1n) is 6.42. The topological polar surface area (TPSA) is 39.2 Å². The molecule has 1 aromatic heterocycles. The van der Waals surface area contributed by atoms with E-state index < -0.39 is 0 Å². The Labute approximate surface area is 127 Å². The van der Waals surface area contributed by atoms with Crippen LogP contribution in [-0.4, -0.2) is 17.9 Å². The highest BCUT2D eigenvalue weighted by molar-refractivity contribution is 6.31. The number of halogens is 1. The summed E-state index contributed by atoms with van der Waals surface area (Å²) in [5.74, 6) is 0.283. The molecule has 3 aromatic rings. The summed E-state index contributed by atoms with van der Waals surface area (Å²) >= 11 is 6.00. The van der Waals surface area contributed by atoms with E-state index in [4.69, 9.17) is 16.3 Å². The lowest BCUT2D eigenvalue weighted by Crippen LogP contribution is -2.07. The predicted octanol–water partition coefficient (Wildman–Crippen LogP) is 4.13. The van der Waals surface area contributed by atoms with Crippen molar-refractivity contribution >= 4 is 28.2 Å². The number of carbonyl (C=O) groups excluding carboxylic acids is 1. The maximum Gasteiger partial charge on any atom is 0.215 e. The van der Waals surface area contributed by atoms with Gasteiger partial charge in [0.25, 0.3) is 0 Å². The molecule has 3 nitrogen and oxygen atoms in total. The molecule has 0 N–H and O–H groups in total. The number of carbonyl (C=O) groups is 1. The average molecular weight is 298 g/mol. The van der Waals surface area contributed by atoms with Gasteiger partial charge in [0.15, 0.2) is 0 Å². The second-order valence-electron chi connectivity index (χ2n) is 4.55. The van der Waals surface area contributed by atoms with Crippen LogP contribution >= 0.6 is 11.6 Å². The van der Waals surface area contributed by atoms with Gasteiger partial charge in [-0.05, 0) is 29.7 Å². The summed E-state index contributed by atoms with van der Waals surface area (Å²) < 4.78 is 5.25. The zero-order chi connectivity index (χ0) is 14.8. The van der Waals surface area contributed by atoms with Gasteiger partial charge in [0.05, 0.1) is 12.7 Å². The van der Waals surface area contributed by atoms with E-state index in [9.17, 15) is 4.79 Å². The quantitative estimate of drug-likeness (QED) is 0.682. The predicted molar refractivity (Wildman–Crippen MR) is 83.2 cm³/mol. The number of rotatable bonds is 3. The van der Waals surface area contributed by atoms with Crippen molar-refractivity contribution < 1.29 is 9.53 Å². The van der Waals surface area contributed by atoms with Gasteiger partial charge in [0.1, 0.15) is 11.4 Å². The lowest BCUT2D eigenvalue weighted by atomic mass is 10.0. The van der Waals surface area contributed by atoms with Gasteiger partial charge in [-0.15, -0.1) is 0 Å². The van der Waals surface area contributed by atoms with Gasteiger partial charge in [-0.1, -0.05) is 35.9 Å². The second-order valence-corrected chi connectivity index (χ2v) is 4.99. The monoisotopic (exact) mass is 297 g/mol. The molecule has 0 unspecified atom stereocenters. The number of ketones is 1. The van der Waals surface area contributed by atoms with Gasteiger partial charge in [-0.25, -0.2) is 0 Å². The average Bonchev–Trinajstić information content (AvgIpc) is 2.53. The molecule has 0 saturated carbocycles. The number of nitrogens with zero attached hydrogens (tertiary/aromatic N) is 1. The first kappa shape index (κ1) is 13.6. The normalized spacial score (nSPS) is 10.6. The van der Waals surface area contributed by atoms with E-state index in [1.165, 1.54) is 7.11 Å². The number of hydrogen-bond acceptors (Lipinski definition) is 3. The maximum absolute atomic E-state index is 12.8. The summed E-state index contributed by atoms with van der Waals surface area (Å²) in [5.41, 5.74) is 0.808. The molecule has 2 aromatic carbocycles.